The Hall–Kier alpha value is -0.610. The third kappa shape index (κ3) is 2.65. The van der Waals surface area contributed by atoms with Gasteiger partial charge in [0.05, 0.1) is 5.54 Å². The first kappa shape index (κ1) is 13.4. The van der Waals surface area contributed by atoms with Crippen LogP contribution in [0.2, 0.25) is 0 Å². The monoisotopic (exact) mass is 265 g/mol. The molecule has 3 rings (SSSR count). The molecule has 0 aliphatic heterocycles. The molecule has 19 heavy (non-hydrogen) atoms. The lowest BCUT2D eigenvalue weighted by Gasteiger charge is -2.47. The minimum absolute atomic E-state index is 0.133. The first-order chi connectivity index (χ1) is 9.11. The Bertz CT molecular complexity index is 351. The fourth-order valence-electron chi connectivity index (χ4n) is 3.73. The fourth-order valence-corrected chi connectivity index (χ4v) is 3.73. The molecule has 3 aliphatic rings. The number of hydrogen-bond acceptors (Lipinski definition) is 3. The predicted molar refractivity (Wildman–Crippen MR) is 75.7 cm³/mol. The Balaban J connectivity index is 1.68. The van der Waals surface area contributed by atoms with Gasteiger partial charge in [-0.25, -0.2) is 0 Å². The summed E-state index contributed by atoms with van der Waals surface area (Å²) in [5.41, 5.74) is 5.31. The second-order valence-electron chi connectivity index (χ2n) is 6.87. The molecule has 0 aromatic carbocycles. The number of rotatable bonds is 5. The molecule has 3 N–H and O–H groups in total. The van der Waals surface area contributed by atoms with E-state index in [1.807, 2.05) is 0 Å². The van der Waals surface area contributed by atoms with Gasteiger partial charge < -0.3 is 16.0 Å². The minimum atomic E-state index is -0.428. The van der Waals surface area contributed by atoms with Crippen molar-refractivity contribution >= 4 is 5.91 Å². The van der Waals surface area contributed by atoms with E-state index in [-0.39, 0.29) is 5.91 Å². The number of nitrogens with zero attached hydrogens (tertiary/aromatic N) is 1. The number of amides is 1. The van der Waals surface area contributed by atoms with Gasteiger partial charge in [-0.3, -0.25) is 4.79 Å². The maximum absolute atomic E-state index is 12.0. The van der Waals surface area contributed by atoms with E-state index in [1.54, 1.807) is 0 Å². The van der Waals surface area contributed by atoms with Gasteiger partial charge >= 0.3 is 0 Å². The quantitative estimate of drug-likeness (QED) is 0.790. The lowest BCUT2D eigenvalue weighted by Crippen LogP contribution is -2.62. The molecule has 1 amide bonds. The van der Waals surface area contributed by atoms with Crippen LogP contribution >= 0.6 is 0 Å². The van der Waals surface area contributed by atoms with Crippen LogP contribution in [0.5, 0.6) is 0 Å². The van der Waals surface area contributed by atoms with Crippen LogP contribution in [-0.4, -0.2) is 41.5 Å². The smallest absolute Gasteiger partial charge is 0.237 e. The zero-order chi connectivity index (χ0) is 13.5. The van der Waals surface area contributed by atoms with Gasteiger partial charge in [0.2, 0.25) is 5.91 Å². The highest BCUT2D eigenvalue weighted by Gasteiger charge is 2.46. The summed E-state index contributed by atoms with van der Waals surface area (Å²) in [7, 11) is 2.24. The van der Waals surface area contributed by atoms with E-state index < -0.39 is 5.54 Å². The van der Waals surface area contributed by atoms with Crippen molar-refractivity contribution in [1.82, 2.24) is 10.2 Å². The zero-order valence-electron chi connectivity index (χ0n) is 12.0. The third-order valence-electron chi connectivity index (χ3n) is 5.48. The topological polar surface area (TPSA) is 58.4 Å². The molecule has 108 valence electrons. The highest BCUT2D eigenvalue weighted by molar-refractivity contribution is 5.85. The molecule has 2 atom stereocenters. The van der Waals surface area contributed by atoms with Crippen LogP contribution in [0, 0.1) is 0 Å². The van der Waals surface area contributed by atoms with Crippen molar-refractivity contribution in [2.45, 2.75) is 81.5 Å². The normalized spacial score (nSPS) is 36.2. The van der Waals surface area contributed by atoms with Gasteiger partial charge in [-0.2, -0.15) is 0 Å². The first-order valence-corrected chi connectivity index (χ1v) is 7.90. The third-order valence-corrected chi connectivity index (χ3v) is 5.48. The summed E-state index contributed by atoms with van der Waals surface area (Å²) in [5, 5.41) is 3.56. The molecule has 0 saturated heterocycles. The van der Waals surface area contributed by atoms with Gasteiger partial charge in [0.15, 0.2) is 0 Å². The molecule has 0 spiro atoms. The Morgan fingerprint density at radius 1 is 1.16 bits per heavy atom. The molecular weight excluding hydrogens is 238 g/mol. The molecule has 4 nitrogen and oxygen atoms in total. The summed E-state index contributed by atoms with van der Waals surface area (Å²) in [5.74, 6) is -0.133. The Morgan fingerprint density at radius 3 is 2.37 bits per heavy atom. The minimum Gasteiger partial charge on any atom is -0.368 e. The largest absolute Gasteiger partial charge is 0.368 e. The molecule has 0 aromatic heterocycles. The molecule has 3 aliphatic carbocycles. The maximum Gasteiger partial charge on any atom is 0.237 e. The summed E-state index contributed by atoms with van der Waals surface area (Å²) < 4.78 is 0. The average molecular weight is 265 g/mol. The fraction of sp³-hybridized carbons (Fsp3) is 0.933. The van der Waals surface area contributed by atoms with Crippen LogP contribution in [0.25, 0.3) is 0 Å². The number of carbonyl (C=O) groups excluding carboxylic acids is 1. The maximum atomic E-state index is 12.0. The van der Waals surface area contributed by atoms with E-state index >= 15 is 0 Å². The number of carbonyl (C=O) groups is 1. The van der Waals surface area contributed by atoms with E-state index in [0.29, 0.717) is 12.1 Å². The number of nitrogens with two attached hydrogens (primary N) is 1. The Labute approximate surface area is 116 Å². The van der Waals surface area contributed by atoms with Crippen LogP contribution < -0.4 is 11.1 Å². The molecule has 0 bridgehead atoms. The second-order valence-corrected chi connectivity index (χ2v) is 6.87. The lowest BCUT2D eigenvalue weighted by molar-refractivity contribution is -0.127. The molecular formula is C15H27N3O. The van der Waals surface area contributed by atoms with Crippen LogP contribution in [0.3, 0.4) is 0 Å². The second kappa shape index (κ2) is 5.06. The van der Waals surface area contributed by atoms with Crippen molar-refractivity contribution in [2.24, 2.45) is 5.73 Å². The van der Waals surface area contributed by atoms with E-state index in [2.05, 4.69) is 17.3 Å². The van der Waals surface area contributed by atoms with Gasteiger partial charge in [0.1, 0.15) is 0 Å². The van der Waals surface area contributed by atoms with Crippen LogP contribution in [-0.2, 0) is 4.79 Å². The van der Waals surface area contributed by atoms with Crippen LogP contribution in [0.15, 0.2) is 0 Å². The number of primary amides is 1. The highest BCUT2D eigenvalue weighted by atomic mass is 16.1. The van der Waals surface area contributed by atoms with E-state index in [4.69, 9.17) is 5.73 Å². The van der Waals surface area contributed by atoms with Gasteiger partial charge in [-0.15, -0.1) is 0 Å². The predicted octanol–water partition coefficient (Wildman–Crippen LogP) is 1.39. The van der Waals surface area contributed by atoms with E-state index in [9.17, 15) is 4.79 Å². The van der Waals surface area contributed by atoms with Crippen LogP contribution in [0.4, 0.5) is 0 Å². The SMILES string of the molecule is CN(C1CCC1)C1CCCC(NC2CC2)(C(N)=O)C1. The summed E-state index contributed by atoms with van der Waals surface area (Å²) in [6.07, 6.45) is 10.6. The van der Waals surface area contributed by atoms with Crippen molar-refractivity contribution in [3.8, 4) is 0 Å². The number of hydrogen-bond donors (Lipinski definition) is 2. The van der Waals surface area contributed by atoms with Gasteiger partial charge in [0, 0.05) is 18.1 Å². The van der Waals surface area contributed by atoms with Gasteiger partial charge in [-0.05, 0) is 58.4 Å². The molecule has 0 radical (unpaired) electrons. The average Bonchev–Trinajstić information content (AvgIpc) is 3.10. The summed E-state index contributed by atoms with van der Waals surface area (Å²) in [6, 6.07) is 1.81. The van der Waals surface area contributed by atoms with Crippen molar-refractivity contribution < 1.29 is 4.79 Å². The summed E-state index contributed by atoms with van der Waals surface area (Å²) in [4.78, 5) is 14.5. The standard InChI is InChI=1S/C15H27N3O/c1-18(12-4-2-5-12)13-6-3-9-15(10-13,14(16)19)17-11-7-8-11/h11-13,17H,2-10H2,1H3,(H2,16,19). The van der Waals surface area contributed by atoms with Crippen LogP contribution in [0.1, 0.15) is 57.8 Å². The molecule has 3 fully saturated rings. The number of nitrogens with one attached hydrogen (secondary N) is 1. The Kier molecular flexibility index (Phi) is 3.56. The molecule has 2 unspecified atom stereocenters. The molecule has 3 saturated carbocycles. The Morgan fingerprint density at radius 2 is 1.84 bits per heavy atom. The van der Waals surface area contributed by atoms with E-state index in [0.717, 1.165) is 25.3 Å². The van der Waals surface area contributed by atoms with Gasteiger partial charge in [0.25, 0.3) is 0 Å². The highest BCUT2D eigenvalue weighted by Crippen LogP contribution is 2.37. The molecule has 4 heteroatoms. The summed E-state index contributed by atoms with van der Waals surface area (Å²) in [6.45, 7) is 0. The van der Waals surface area contributed by atoms with Crippen molar-refractivity contribution in [2.75, 3.05) is 7.05 Å². The van der Waals surface area contributed by atoms with Gasteiger partial charge in [-0.1, -0.05) is 6.42 Å². The van der Waals surface area contributed by atoms with E-state index in [1.165, 1.54) is 38.5 Å². The summed E-state index contributed by atoms with van der Waals surface area (Å²) >= 11 is 0. The molecule has 0 aromatic rings. The first-order valence-electron chi connectivity index (χ1n) is 7.90. The lowest BCUT2D eigenvalue weighted by atomic mass is 9.76. The molecule has 0 heterocycles. The van der Waals surface area contributed by atoms with Crippen molar-refractivity contribution in [3.63, 3.8) is 0 Å². The van der Waals surface area contributed by atoms with Crippen molar-refractivity contribution in [1.29, 1.82) is 0 Å². The zero-order valence-corrected chi connectivity index (χ0v) is 12.0. The van der Waals surface area contributed by atoms with Crippen molar-refractivity contribution in [3.05, 3.63) is 0 Å².